The number of nitrogens with one attached hydrogen (secondary N) is 2. The molecule has 0 unspecified atom stereocenters. The van der Waals surface area contributed by atoms with Gasteiger partial charge in [-0.05, 0) is 49.8 Å². The Morgan fingerprint density at radius 2 is 1.63 bits per heavy atom. The molecule has 0 saturated carbocycles. The van der Waals surface area contributed by atoms with Crippen molar-refractivity contribution in [3.63, 3.8) is 0 Å². The summed E-state index contributed by atoms with van der Waals surface area (Å²) < 4.78 is 1.51. The molecule has 0 spiro atoms. The van der Waals surface area contributed by atoms with Crippen LogP contribution in [-0.2, 0) is 4.79 Å². The summed E-state index contributed by atoms with van der Waals surface area (Å²) in [7, 11) is 0. The molecule has 11 heteroatoms. The molecule has 41 heavy (non-hydrogen) atoms. The quantitative estimate of drug-likeness (QED) is 0.314. The van der Waals surface area contributed by atoms with Crippen LogP contribution in [0.5, 0.6) is 0 Å². The van der Waals surface area contributed by atoms with Crippen LogP contribution in [0.2, 0.25) is 5.02 Å². The van der Waals surface area contributed by atoms with Crippen molar-refractivity contribution in [1.29, 1.82) is 0 Å². The van der Waals surface area contributed by atoms with Gasteiger partial charge in [0.15, 0.2) is 11.5 Å². The summed E-state index contributed by atoms with van der Waals surface area (Å²) in [6.07, 6.45) is 1.59. The molecule has 5 aromatic rings. The molecule has 1 aliphatic rings. The van der Waals surface area contributed by atoms with E-state index in [0.717, 1.165) is 10.6 Å². The van der Waals surface area contributed by atoms with Gasteiger partial charge < -0.3 is 4.98 Å². The van der Waals surface area contributed by atoms with E-state index < -0.39 is 17.4 Å². The summed E-state index contributed by atoms with van der Waals surface area (Å²) in [6.45, 7) is 3.63. The van der Waals surface area contributed by atoms with Gasteiger partial charge in [0.2, 0.25) is 5.82 Å². The third-order valence-corrected chi connectivity index (χ3v) is 6.74. The molecule has 0 aliphatic carbocycles. The topological polar surface area (TPSA) is 125 Å². The minimum absolute atomic E-state index is 0.0848. The van der Waals surface area contributed by atoms with Crippen molar-refractivity contribution < 1.29 is 9.59 Å². The molecule has 0 atom stereocenters. The molecule has 0 saturated heterocycles. The fourth-order valence-electron chi connectivity index (χ4n) is 4.43. The van der Waals surface area contributed by atoms with Crippen molar-refractivity contribution in [1.82, 2.24) is 30.2 Å². The Bertz CT molecular complexity index is 1940. The number of hydrogen-bond donors (Lipinski definition) is 2. The van der Waals surface area contributed by atoms with E-state index in [-0.39, 0.29) is 28.4 Å². The van der Waals surface area contributed by atoms with E-state index >= 15 is 0 Å². The van der Waals surface area contributed by atoms with Gasteiger partial charge in [0.1, 0.15) is 11.1 Å². The smallest absolute Gasteiger partial charge is 0.302 e. The summed E-state index contributed by atoms with van der Waals surface area (Å²) in [4.78, 5) is 51.8. The number of aryl methyl sites for hydroxylation is 2. The summed E-state index contributed by atoms with van der Waals surface area (Å²) in [5.41, 5.74) is 5.79. The highest BCUT2D eigenvalue weighted by Crippen LogP contribution is 2.21. The maximum absolute atomic E-state index is 13.9. The third-order valence-electron chi connectivity index (χ3n) is 6.49. The van der Waals surface area contributed by atoms with Crippen LogP contribution in [0.15, 0.2) is 94.3 Å². The van der Waals surface area contributed by atoms with Crippen LogP contribution < -0.4 is 11.0 Å². The van der Waals surface area contributed by atoms with Crippen LogP contribution in [0.4, 0.5) is 0 Å². The number of amidine groups is 1. The minimum atomic E-state index is -0.777. The number of hydrogen-bond acceptors (Lipinski definition) is 6. The van der Waals surface area contributed by atoms with Gasteiger partial charge in [-0.15, -0.1) is 0 Å². The number of hydrazine groups is 1. The number of rotatable bonds is 4. The van der Waals surface area contributed by atoms with Crippen molar-refractivity contribution in [2.24, 2.45) is 4.99 Å². The number of fused-ring (bicyclic) bond motifs is 1. The second-order valence-electron chi connectivity index (χ2n) is 9.41. The molecule has 3 aromatic carbocycles. The number of amides is 2. The second kappa shape index (κ2) is 10.3. The lowest BCUT2D eigenvalue weighted by Crippen LogP contribution is -2.54. The zero-order chi connectivity index (χ0) is 28.7. The highest BCUT2D eigenvalue weighted by atomic mass is 35.5. The molecule has 0 fully saturated rings. The Morgan fingerprint density at radius 1 is 0.927 bits per heavy atom. The molecule has 2 N–H and O–H groups in total. The Kier molecular flexibility index (Phi) is 6.52. The first kappa shape index (κ1) is 25.9. The molecule has 2 amide bonds. The summed E-state index contributed by atoms with van der Waals surface area (Å²) >= 11 is 6.00. The predicted molar refractivity (Wildman–Crippen MR) is 156 cm³/mol. The number of aliphatic imine (C=N–C) groups is 1. The van der Waals surface area contributed by atoms with Gasteiger partial charge in [-0.2, -0.15) is 10.1 Å². The summed E-state index contributed by atoms with van der Waals surface area (Å²) in [5, 5.41) is 6.28. The van der Waals surface area contributed by atoms with Crippen LogP contribution in [0.1, 0.15) is 33.0 Å². The van der Waals surface area contributed by atoms with E-state index in [1.54, 1.807) is 49.4 Å². The predicted octanol–water partition coefficient (Wildman–Crippen LogP) is 4.35. The Hall–Kier alpha value is -5.35. The zero-order valence-electron chi connectivity index (χ0n) is 21.9. The van der Waals surface area contributed by atoms with Gasteiger partial charge in [0.05, 0.1) is 11.4 Å². The second-order valence-corrected chi connectivity index (χ2v) is 9.85. The maximum atomic E-state index is 13.9. The third kappa shape index (κ3) is 4.92. The van der Waals surface area contributed by atoms with Crippen molar-refractivity contribution >= 4 is 46.4 Å². The first-order valence-corrected chi connectivity index (χ1v) is 13.0. The van der Waals surface area contributed by atoms with E-state index in [0.29, 0.717) is 27.5 Å². The molecule has 3 heterocycles. The van der Waals surface area contributed by atoms with Gasteiger partial charge in [-0.1, -0.05) is 71.8 Å². The lowest BCUT2D eigenvalue weighted by Gasteiger charge is -2.28. The van der Waals surface area contributed by atoms with E-state index in [1.807, 2.05) is 49.4 Å². The van der Waals surface area contributed by atoms with E-state index in [9.17, 15) is 14.4 Å². The average molecular weight is 564 g/mol. The Morgan fingerprint density at radius 3 is 2.34 bits per heavy atom. The van der Waals surface area contributed by atoms with Crippen molar-refractivity contribution in [2.75, 3.05) is 0 Å². The number of carbonyl (C=O) groups is 2. The van der Waals surface area contributed by atoms with E-state index in [4.69, 9.17) is 11.6 Å². The molecular weight excluding hydrogens is 542 g/mol. The van der Waals surface area contributed by atoms with Crippen LogP contribution >= 0.6 is 11.6 Å². The maximum Gasteiger partial charge on any atom is 0.314 e. The van der Waals surface area contributed by atoms with Gasteiger partial charge in [-0.25, -0.2) is 14.7 Å². The van der Waals surface area contributed by atoms with Crippen LogP contribution in [0.3, 0.4) is 0 Å². The molecule has 0 bridgehead atoms. The first-order chi connectivity index (χ1) is 19.8. The van der Waals surface area contributed by atoms with Crippen molar-refractivity contribution in [3.8, 4) is 5.69 Å². The normalized spacial score (nSPS) is 14.3. The molecule has 0 radical (unpaired) electrons. The summed E-state index contributed by atoms with van der Waals surface area (Å²) in [6, 6.07) is 23.4. The number of para-hydroxylation sites is 1. The monoisotopic (exact) mass is 563 g/mol. The van der Waals surface area contributed by atoms with Crippen LogP contribution in [-0.4, -0.2) is 42.4 Å². The average Bonchev–Trinajstić information content (AvgIpc) is 3.32. The van der Waals surface area contributed by atoms with Crippen molar-refractivity contribution in [3.05, 3.63) is 128 Å². The fraction of sp³-hybridized carbons (Fsp3) is 0.0667. The zero-order valence-corrected chi connectivity index (χ0v) is 22.7. The number of nitrogens with zero attached hydrogens (tertiary/aromatic N) is 5. The van der Waals surface area contributed by atoms with E-state index in [2.05, 4.69) is 25.5 Å². The largest absolute Gasteiger partial charge is 0.314 e. The highest BCUT2D eigenvalue weighted by Gasteiger charge is 2.32. The lowest BCUT2D eigenvalue weighted by atomic mass is 10.1. The van der Waals surface area contributed by atoms with Crippen LogP contribution in [0, 0.1) is 13.8 Å². The number of H-pyrrole nitrogens is 1. The standard InChI is InChI=1S/C30H22ClN7O3/c1-17-8-12-20(13-9-17)26-32-23(16-19-10-14-21(31)15-11-19)28(39)36-38(26)30(41)25-33-27-24(29(40)34-25)18(2)35-37(27)22-6-4-3-5-7-22/h3-16H,1-2H3,(H,36,39)(H,33,34,40)/b23-16-. The minimum Gasteiger partial charge on any atom is -0.302 e. The van der Waals surface area contributed by atoms with Crippen LogP contribution in [0.25, 0.3) is 22.8 Å². The number of carbonyl (C=O) groups excluding carboxylic acids is 2. The number of aromatic nitrogens is 4. The summed E-state index contributed by atoms with van der Waals surface area (Å²) in [5.74, 6) is -1.52. The van der Waals surface area contributed by atoms with Crippen molar-refractivity contribution in [2.45, 2.75) is 13.8 Å². The van der Waals surface area contributed by atoms with E-state index in [1.165, 1.54) is 4.68 Å². The number of benzene rings is 3. The molecule has 202 valence electrons. The van der Waals surface area contributed by atoms with Gasteiger partial charge >= 0.3 is 5.91 Å². The number of aromatic amines is 1. The first-order valence-electron chi connectivity index (χ1n) is 12.6. The molecule has 6 rings (SSSR count). The fourth-order valence-corrected chi connectivity index (χ4v) is 4.56. The van der Waals surface area contributed by atoms with Gasteiger partial charge in [0, 0.05) is 10.6 Å². The Balaban J connectivity index is 1.47. The lowest BCUT2D eigenvalue weighted by molar-refractivity contribution is -0.120. The molecular formula is C30H22ClN7O3. The SMILES string of the molecule is Cc1ccc(C2=N/C(=C\c3ccc(Cl)cc3)C(=O)NN2C(=O)c2nc3c(c(C)nn3-c3ccccc3)c(=O)[nH]2)cc1. The number of halogens is 1. The molecule has 10 nitrogen and oxygen atoms in total. The Labute approximate surface area is 238 Å². The van der Waals surface area contributed by atoms with Gasteiger partial charge in [0.25, 0.3) is 11.5 Å². The molecule has 1 aliphatic heterocycles. The molecule has 2 aromatic heterocycles. The highest BCUT2D eigenvalue weighted by molar-refractivity contribution is 6.30. The van der Waals surface area contributed by atoms with Gasteiger partial charge in [-0.3, -0.25) is 19.8 Å².